The number of rotatable bonds is 10. The van der Waals surface area contributed by atoms with Gasteiger partial charge in [0.2, 0.25) is 5.91 Å². The molecule has 2 aromatic rings. The molecule has 2 rings (SSSR count). The van der Waals surface area contributed by atoms with Crippen molar-refractivity contribution in [2.75, 3.05) is 19.5 Å². The number of hydrogen-bond acceptors (Lipinski definition) is 6. The van der Waals surface area contributed by atoms with Gasteiger partial charge in [0.1, 0.15) is 11.5 Å². The van der Waals surface area contributed by atoms with Crippen LogP contribution < -0.4 is 14.8 Å². The van der Waals surface area contributed by atoms with Crippen molar-refractivity contribution in [3.8, 4) is 11.5 Å². The maximum absolute atomic E-state index is 12.6. The number of nitrogens with one attached hydrogen (secondary N) is 1. The second-order valence-corrected chi connectivity index (χ2v) is 8.53. The van der Waals surface area contributed by atoms with Crippen molar-refractivity contribution < 1.29 is 29.0 Å². The van der Waals surface area contributed by atoms with E-state index >= 15 is 0 Å². The van der Waals surface area contributed by atoms with E-state index in [-0.39, 0.29) is 30.1 Å². The van der Waals surface area contributed by atoms with Crippen molar-refractivity contribution in [2.45, 2.75) is 40.0 Å². The van der Waals surface area contributed by atoms with E-state index in [1.54, 1.807) is 59.3 Å². The minimum absolute atomic E-state index is 0.172. The number of aliphatic carboxylic acids is 1. The molecule has 8 nitrogen and oxygen atoms in total. The van der Waals surface area contributed by atoms with Crippen molar-refractivity contribution in [3.05, 3.63) is 47.7 Å². The molecule has 0 fully saturated rings. The molecule has 1 unspecified atom stereocenters. The second kappa shape index (κ2) is 10.7. The van der Waals surface area contributed by atoms with Gasteiger partial charge >= 0.3 is 5.97 Å². The third kappa shape index (κ3) is 6.80. The number of aryl methyl sites for hydroxylation is 1. The lowest BCUT2D eigenvalue weighted by molar-refractivity contribution is -0.147. The summed E-state index contributed by atoms with van der Waals surface area (Å²) in [4.78, 5) is 40.7. The van der Waals surface area contributed by atoms with Crippen molar-refractivity contribution in [2.24, 2.45) is 11.3 Å². The molecule has 172 valence electrons. The van der Waals surface area contributed by atoms with Crippen molar-refractivity contribution in [1.82, 2.24) is 4.98 Å². The highest BCUT2D eigenvalue weighted by molar-refractivity contribution is 5.96. The molecular weight excluding hydrogens is 412 g/mol. The van der Waals surface area contributed by atoms with Gasteiger partial charge in [0.05, 0.1) is 20.1 Å². The van der Waals surface area contributed by atoms with Gasteiger partial charge in [0, 0.05) is 12.8 Å². The molecule has 0 aliphatic heterocycles. The van der Waals surface area contributed by atoms with E-state index in [4.69, 9.17) is 9.47 Å². The lowest BCUT2D eigenvalue weighted by atomic mass is 9.78. The smallest absolute Gasteiger partial charge is 0.307 e. The summed E-state index contributed by atoms with van der Waals surface area (Å²) >= 11 is 0. The van der Waals surface area contributed by atoms with E-state index in [1.807, 2.05) is 12.1 Å². The zero-order valence-electron chi connectivity index (χ0n) is 19.1. The van der Waals surface area contributed by atoms with Crippen molar-refractivity contribution >= 4 is 23.5 Å². The van der Waals surface area contributed by atoms with Crippen LogP contribution in [0.1, 0.15) is 49.7 Å². The van der Waals surface area contributed by atoms with Crippen molar-refractivity contribution in [1.29, 1.82) is 0 Å². The molecule has 1 aromatic carbocycles. The van der Waals surface area contributed by atoms with E-state index in [0.29, 0.717) is 17.9 Å². The van der Waals surface area contributed by atoms with Gasteiger partial charge < -0.3 is 19.9 Å². The Balaban J connectivity index is 2.02. The minimum Gasteiger partial charge on any atom is -0.493 e. The number of amides is 1. The summed E-state index contributed by atoms with van der Waals surface area (Å²) in [6.45, 7) is 5.32. The number of carbonyl (C=O) groups excluding carboxylic acids is 2. The van der Waals surface area contributed by atoms with E-state index in [0.717, 1.165) is 5.56 Å². The zero-order valence-corrected chi connectivity index (χ0v) is 19.1. The zero-order chi connectivity index (χ0) is 23.9. The molecule has 0 radical (unpaired) electrons. The highest BCUT2D eigenvalue weighted by Crippen LogP contribution is 2.30. The Morgan fingerprint density at radius 2 is 1.75 bits per heavy atom. The number of carboxylic acids is 1. The number of carbonyl (C=O) groups is 3. The van der Waals surface area contributed by atoms with Gasteiger partial charge in [-0.05, 0) is 41.7 Å². The van der Waals surface area contributed by atoms with E-state index < -0.39 is 23.2 Å². The molecule has 1 heterocycles. The molecule has 0 aliphatic rings. The fourth-order valence-electron chi connectivity index (χ4n) is 3.22. The van der Waals surface area contributed by atoms with Crippen LogP contribution in [0, 0.1) is 11.3 Å². The summed E-state index contributed by atoms with van der Waals surface area (Å²) in [7, 11) is 3.11. The van der Waals surface area contributed by atoms with E-state index in [2.05, 4.69) is 10.3 Å². The summed E-state index contributed by atoms with van der Waals surface area (Å²) in [5, 5.41) is 12.0. The van der Waals surface area contributed by atoms with Crippen LogP contribution in [0.25, 0.3) is 0 Å². The number of hydrogen-bond donors (Lipinski definition) is 2. The van der Waals surface area contributed by atoms with Crippen LogP contribution in [0.5, 0.6) is 11.5 Å². The highest BCUT2D eigenvalue weighted by Gasteiger charge is 2.33. The number of ether oxygens (including phenoxy) is 2. The molecule has 0 spiro atoms. The minimum atomic E-state index is -1.03. The molecule has 0 saturated heterocycles. The molecule has 0 saturated carbocycles. The molecule has 0 bridgehead atoms. The Hall–Kier alpha value is -3.42. The fourth-order valence-corrected chi connectivity index (χ4v) is 3.22. The average molecular weight is 443 g/mol. The van der Waals surface area contributed by atoms with Crippen LogP contribution in [0.3, 0.4) is 0 Å². The molecular formula is C24H30N2O6. The summed E-state index contributed by atoms with van der Waals surface area (Å²) in [5.74, 6) is -1.08. The Kier molecular flexibility index (Phi) is 8.34. The lowest BCUT2D eigenvalue weighted by Gasteiger charge is -2.26. The van der Waals surface area contributed by atoms with Crippen LogP contribution in [0.2, 0.25) is 0 Å². The maximum atomic E-state index is 12.6. The largest absolute Gasteiger partial charge is 0.493 e. The van der Waals surface area contributed by atoms with Crippen molar-refractivity contribution in [3.63, 3.8) is 0 Å². The number of pyridine rings is 1. The molecule has 32 heavy (non-hydrogen) atoms. The Morgan fingerprint density at radius 1 is 1.06 bits per heavy atom. The first kappa shape index (κ1) is 24.8. The van der Waals surface area contributed by atoms with Gasteiger partial charge in [-0.25, -0.2) is 4.98 Å². The van der Waals surface area contributed by atoms with Gasteiger partial charge in [0.15, 0.2) is 17.3 Å². The van der Waals surface area contributed by atoms with Gasteiger partial charge in [-0.1, -0.05) is 32.9 Å². The molecule has 1 atom stereocenters. The first-order valence-corrected chi connectivity index (χ1v) is 10.3. The number of Topliss-reactive ketones (excluding diaryl/α,β-unsaturated/α-hetero) is 1. The molecule has 0 aliphatic carbocycles. The lowest BCUT2D eigenvalue weighted by Crippen LogP contribution is -2.32. The second-order valence-electron chi connectivity index (χ2n) is 8.53. The molecule has 2 N–H and O–H groups in total. The number of methoxy groups -OCH3 is 2. The van der Waals surface area contributed by atoms with Crippen LogP contribution in [0.15, 0.2) is 36.4 Å². The summed E-state index contributed by atoms with van der Waals surface area (Å²) in [6.07, 6.45) is 0.534. The number of aromatic nitrogens is 1. The molecule has 8 heteroatoms. The molecule has 1 amide bonds. The summed E-state index contributed by atoms with van der Waals surface area (Å²) in [6, 6.07) is 10.3. The predicted octanol–water partition coefficient (Wildman–Crippen LogP) is 3.99. The third-order valence-electron chi connectivity index (χ3n) is 5.12. The van der Waals surface area contributed by atoms with Crippen LogP contribution in [-0.2, 0) is 16.0 Å². The summed E-state index contributed by atoms with van der Waals surface area (Å²) in [5.41, 5.74) is 0.578. The SMILES string of the molecule is COc1ccc(CCC(=O)c2cccc(NC(=O)CC(C(=O)O)C(C)(C)C)n2)cc1OC. The molecule has 1 aromatic heterocycles. The topological polar surface area (TPSA) is 115 Å². The normalized spacial score (nSPS) is 12.0. The fraction of sp³-hybridized carbons (Fsp3) is 0.417. The van der Waals surface area contributed by atoms with Crippen LogP contribution in [-0.4, -0.2) is 42.0 Å². The summed E-state index contributed by atoms with van der Waals surface area (Å²) < 4.78 is 10.5. The number of benzene rings is 1. The number of ketones is 1. The Labute approximate surface area is 188 Å². The van der Waals surface area contributed by atoms with Gasteiger partial charge in [0.25, 0.3) is 0 Å². The van der Waals surface area contributed by atoms with Gasteiger partial charge in [-0.3, -0.25) is 14.4 Å². The van der Waals surface area contributed by atoms with Gasteiger partial charge in [-0.15, -0.1) is 0 Å². The predicted molar refractivity (Wildman–Crippen MR) is 120 cm³/mol. The first-order valence-electron chi connectivity index (χ1n) is 10.3. The van der Waals surface area contributed by atoms with Crippen LogP contribution in [0.4, 0.5) is 5.82 Å². The van der Waals surface area contributed by atoms with E-state index in [1.165, 1.54) is 0 Å². The Morgan fingerprint density at radius 3 is 2.34 bits per heavy atom. The average Bonchev–Trinajstić information content (AvgIpc) is 2.74. The quantitative estimate of drug-likeness (QED) is 0.535. The number of carboxylic acid groups (broad SMARTS) is 1. The van der Waals surface area contributed by atoms with E-state index in [9.17, 15) is 19.5 Å². The number of anilines is 1. The maximum Gasteiger partial charge on any atom is 0.307 e. The number of nitrogens with zero attached hydrogens (tertiary/aromatic N) is 1. The first-order chi connectivity index (χ1) is 15.0. The third-order valence-corrected chi connectivity index (χ3v) is 5.12. The highest BCUT2D eigenvalue weighted by atomic mass is 16.5. The van der Waals surface area contributed by atoms with Gasteiger partial charge in [-0.2, -0.15) is 0 Å². The van der Waals surface area contributed by atoms with Crippen LogP contribution >= 0.6 is 0 Å². The Bertz CT molecular complexity index is 981. The monoisotopic (exact) mass is 442 g/mol. The standard InChI is InChI=1S/C24H30N2O6/c1-24(2,3)16(23(29)30)14-22(28)26-21-8-6-7-17(25-21)18(27)11-9-15-10-12-19(31-4)20(13-15)32-5/h6-8,10,12-13,16H,9,11,14H2,1-5H3,(H,29,30)(H,25,26,28).